The molecule has 0 unspecified atom stereocenters. The molecule has 0 fully saturated rings. The summed E-state index contributed by atoms with van der Waals surface area (Å²) in [7, 11) is 0. The van der Waals surface area contributed by atoms with Gasteiger partial charge in [-0.05, 0) is 24.6 Å². The summed E-state index contributed by atoms with van der Waals surface area (Å²) in [5.74, 6) is 0.874. The first-order valence-corrected chi connectivity index (χ1v) is 6.14. The van der Waals surface area contributed by atoms with Crippen LogP contribution in [0.15, 0.2) is 48.5 Å². The van der Waals surface area contributed by atoms with Crippen molar-refractivity contribution < 1.29 is 4.74 Å². The van der Waals surface area contributed by atoms with Crippen LogP contribution in [0, 0.1) is 6.92 Å². The van der Waals surface area contributed by atoms with Crippen LogP contribution >= 0.6 is 12.2 Å². The van der Waals surface area contributed by atoms with E-state index in [9.17, 15) is 0 Å². The molecule has 0 saturated heterocycles. The van der Waals surface area contributed by atoms with Crippen molar-refractivity contribution >= 4 is 17.2 Å². The summed E-state index contributed by atoms with van der Waals surface area (Å²) >= 11 is 4.91. The quantitative estimate of drug-likeness (QED) is 0.854. The van der Waals surface area contributed by atoms with Crippen LogP contribution in [0.3, 0.4) is 0 Å². The zero-order chi connectivity index (χ0) is 13.0. The second kappa shape index (κ2) is 5.65. The van der Waals surface area contributed by atoms with E-state index in [0.29, 0.717) is 11.6 Å². The topological polar surface area (TPSA) is 35.2 Å². The third-order valence-electron chi connectivity index (χ3n) is 2.66. The average Bonchev–Trinajstić information content (AvgIpc) is 2.38. The lowest BCUT2D eigenvalue weighted by molar-refractivity contribution is 0.306. The molecule has 2 aromatic rings. The van der Waals surface area contributed by atoms with Crippen LogP contribution in [0.4, 0.5) is 0 Å². The Hall–Kier alpha value is -1.87. The van der Waals surface area contributed by atoms with E-state index in [1.54, 1.807) is 0 Å². The standard InChI is InChI=1S/C15H15NOS/c1-11-2-8-14(9-3-11)17-10-12-4-6-13(7-5-12)15(16)18/h2-9H,10H2,1H3,(H2,16,18). The Kier molecular flexibility index (Phi) is 3.95. The fourth-order valence-corrected chi connectivity index (χ4v) is 1.70. The van der Waals surface area contributed by atoms with Gasteiger partial charge in [-0.25, -0.2) is 0 Å². The lowest BCUT2D eigenvalue weighted by Gasteiger charge is -2.07. The van der Waals surface area contributed by atoms with E-state index in [4.69, 9.17) is 22.7 Å². The highest BCUT2D eigenvalue weighted by Crippen LogP contribution is 2.14. The molecular weight excluding hydrogens is 242 g/mol. The highest BCUT2D eigenvalue weighted by atomic mass is 32.1. The summed E-state index contributed by atoms with van der Waals surface area (Å²) in [6.45, 7) is 2.60. The molecule has 0 radical (unpaired) electrons. The van der Waals surface area contributed by atoms with Crippen LogP contribution in [0.5, 0.6) is 5.75 Å². The number of aryl methyl sites for hydroxylation is 1. The van der Waals surface area contributed by atoms with E-state index in [-0.39, 0.29) is 0 Å². The third kappa shape index (κ3) is 3.31. The minimum Gasteiger partial charge on any atom is -0.489 e. The lowest BCUT2D eigenvalue weighted by Crippen LogP contribution is -2.09. The minimum atomic E-state index is 0.418. The predicted molar refractivity (Wildman–Crippen MR) is 77.8 cm³/mol. The number of thiocarbonyl (C=S) groups is 1. The van der Waals surface area contributed by atoms with Gasteiger partial charge in [0.25, 0.3) is 0 Å². The summed E-state index contributed by atoms with van der Waals surface area (Å²) in [5.41, 5.74) is 8.74. The molecule has 0 saturated carbocycles. The SMILES string of the molecule is Cc1ccc(OCc2ccc(C(N)=S)cc2)cc1. The molecule has 2 N–H and O–H groups in total. The molecule has 0 aliphatic rings. The molecule has 0 aliphatic heterocycles. The Morgan fingerprint density at radius 2 is 1.67 bits per heavy atom. The van der Waals surface area contributed by atoms with Crippen LogP contribution in [0.1, 0.15) is 16.7 Å². The lowest BCUT2D eigenvalue weighted by atomic mass is 10.1. The Balaban J connectivity index is 1.97. The second-order valence-electron chi connectivity index (χ2n) is 4.16. The molecule has 0 aromatic heterocycles. The molecule has 18 heavy (non-hydrogen) atoms. The molecule has 0 amide bonds. The molecule has 92 valence electrons. The van der Waals surface area contributed by atoms with Crippen LogP contribution < -0.4 is 10.5 Å². The maximum Gasteiger partial charge on any atom is 0.119 e. The second-order valence-corrected chi connectivity index (χ2v) is 4.60. The number of rotatable bonds is 4. The van der Waals surface area contributed by atoms with Crippen molar-refractivity contribution in [2.24, 2.45) is 5.73 Å². The molecule has 3 heteroatoms. The van der Waals surface area contributed by atoms with E-state index in [2.05, 4.69) is 6.92 Å². The molecule has 0 bridgehead atoms. The van der Waals surface area contributed by atoms with E-state index < -0.39 is 0 Å². The Morgan fingerprint density at radius 1 is 1.06 bits per heavy atom. The summed E-state index contributed by atoms with van der Waals surface area (Å²) in [6.07, 6.45) is 0. The Morgan fingerprint density at radius 3 is 2.22 bits per heavy atom. The van der Waals surface area contributed by atoms with Crippen molar-refractivity contribution in [2.75, 3.05) is 0 Å². The molecular formula is C15H15NOS. The van der Waals surface area contributed by atoms with Crippen LogP contribution in [0.25, 0.3) is 0 Å². The molecule has 0 heterocycles. The summed E-state index contributed by atoms with van der Waals surface area (Å²) < 4.78 is 5.68. The molecule has 0 aliphatic carbocycles. The van der Waals surface area contributed by atoms with Gasteiger partial charge in [-0.1, -0.05) is 54.2 Å². The molecule has 2 nitrogen and oxygen atoms in total. The Labute approximate surface area is 112 Å². The number of benzene rings is 2. The van der Waals surface area contributed by atoms with Crippen molar-refractivity contribution in [3.63, 3.8) is 0 Å². The van der Waals surface area contributed by atoms with E-state index in [0.717, 1.165) is 16.9 Å². The highest BCUT2D eigenvalue weighted by Gasteiger charge is 1.98. The number of nitrogens with two attached hydrogens (primary N) is 1. The van der Waals surface area contributed by atoms with Gasteiger partial charge < -0.3 is 10.5 Å². The molecule has 0 spiro atoms. The monoisotopic (exact) mass is 257 g/mol. The van der Waals surface area contributed by atoms with Crippen LogP contribution in [-0.4, -0.2) is 4.99 Å². The number of hydrogen-bond donors (Lipinski definition) is 1. The van der Waals surface area contributed by atoms with Crippen molar-refractivity contribution in [1.82, 2.24) is 0 Å². The van der Waals surface area contributed by atoms with Gasteiger partial charge in [-0.3, -0.25) is 0 Å². The van der Waals surface area contributed by atoms with Gasteiger partial charge in [0.2, 0.25) is 0 Å². The van der Waals surface area contributed by atoms with Gasteiger partial charge in [0.05, 0.1) is 0 Å². The van der Waals surface area contributed by atoms with Gasteiger partial charge >= 0.3 is 0 Å². The average molecular weight is 257 g/mol. The highest BCUT2D eigenvalue weighted by molar-refractivity contribution is 7.80. The van der Waals surface area contributed by atoms with E-state index >= 15 is 0 Å². The van der Waals surface area contributed by atoms with Gasteiger partial charge in [0, 0.05) is 5.56 Å². The number of hydrogen-bond acceptors (Lipinski definition) is 2. The Bertz CT molecular complexity index is 531. The fraction of sp³-hybridized carbons (Fsp3) is 0.133. The first kappa shape index (κ1) is 12.6. The normalized spacial score (nSPS) is 10.1. The van der Waals surface area contributed by atoms with Crippen molar-refractivity contribution in [3.05, 3.63) is 65.2 Å². The molecule has 2 aromatic carbocycles. The maximum atomic E-state index is 5.68. The minimum absolute atomic E-state index is 0.418. The van der Waals surface area contributed by atoms with Crippen molar-refractivity contribution in [3.8, 4) is 5.75 Å². The summed E-state index contributed by atoms with van der Waals surface area (Å²) in [4.78, 5) is 0.418. The van der Waals surface area contributed by atoms with Gasteiger partial charge in [0.15, 0.2) is 0 Å². The molecule has 2 rings (SSSR count). The fourth-order valence-electron chi connectivity index (χ4n) is 1.57. The zero-order valence-corrected chi connectivity index (χ0v) is 11.0. The largest absolute Gasteiger partial charge is 0.489 e. The smallest absolute Gasteiger partial charge is 0.119 e. The van der Waals surface area contributed by atoms with Crippen LogP contribution in [0.2, 0.25) is 0 Å². The van der Waals surface area contributed by atoms with Crippen molar-refractivity contribution in [2.45, 2.75) is 13.5 Å². The van der Waals surface area contributed by atoms with Crippen molar-refractivity contribution in [1.29, 1.82) is 0 Å². The maximum absolute atomic E-state index is 5.68. The predicted octanol–water partition coefficient (Wildman–Crippen LogP) is 3.21. The summed E-state index contributed by atoms with van der Waals surface area (Å²) in [5, 5.41) is 0. The third-order valence-corrected chi connectivity index (χ3v) is 2.90. The zero-order valence-electron chi connectivity index (χ0n) is 10.2. The van der Waals surface area contributed by atoms with Crippen LogP contribution in [-0.2, 0) is 6.61 Å². The first-order valence-electron chi connectivity index (χ1n) is 5.73. The van der Waals surface area contributed by atoms with Gasteiger partial charge in [0.1, 0.15) is 17.3 Å². The van der Waals surface area contributed by atoms with E-state index in [1.165, 1.54) is 5.56 Å². The van der Waals surface area contributed by atoms with E-state index in [1.807, 2.05) is 48.5 Å². The summed E-state index contributed by atoms with van der Waals surface area (Å²) in [6, 6.07) is 15.8. The number of ether oxygens (including phenoxy) is 1. The van der Waals surface area contributed by atoms with Gasteiger partial charge in [-0.2, -0.15) is 0 Å². The first-order chi connectivity index (χ1) is 8.65. The van der Waals surface area contributed by atoms with Gasteiger partial charge in [-0.15, -0.1) is 0 Å². The molecule has 0 atom stereocenters.